The Hall–Kier alpha value is -2.13. The summed E-state index contributed by atoms with van der Waals surface area (Å²) in [4.78, 5) is 13.0. The number of hydrogen-bond donors (Lipinski definition) is 1. The summed E-state index contributed by atoms with van der Waals surface area (Å²) >= 11 is 1.32. The largest absolute Gasteiger partial charge is 0.396 e. The van der Waals surface area contributed by atoms with E-state index < -0.39 is 0 Å². The van der Waals surface area contributed by atoms with Gasteiger partial charge in [0.25, 0.3) is 0 Å². The summed E-state index contributed by atoms with van der Waals surface area (Å²) < 4.78 is 0. The highest BCUT2D eigenvalue weighted by molar-refractivity contribution is 7.99. The summed E-state index contributed by atoms with van der Waals surface area (Å²) in [6.07, 6.45) is 0. The number of nitrogens with two attached hydrogens (primary N) is 1. The zero-order chi connectivity index (χ0) is 14.0. The van der Waals surface area contributed by atoms with E-state index in [1.165, 1.54) is 11.8 Å². The van der Waals surface area contributed by atoms with Crippen LogP contribution in [0.4, 0.5) is 5.69 Å². The Morgan fingerprint density at radius 1 is 1.11 bits per heavy atom. The number of hydrogen-bond acceptors (Lipinski definition) is 6. The van der Waals surface area contributed by atoms with Gasteiger partial charge in [0.15, 0.2) is 10.9 Å². The molecule has 0 saturated carbocycles. The maximum Gasteiger partial charge on any atom is 0.194 e. The second-order valence-corrected chi connectivity index (χ2v) is 5.09. The molecule has 0 aliphatic heterocycles. The van der Waals surface area contributed by atoms with Crippen molar-refractivity contribution in [3.8, 4) is 6.07 Å². The molecule has 2 heterocycles. The maximum atomic E-state index is 8.90. The minimum Gasteiger partial charge on any atom is -0.396 e. The van der Waals surface area contributed by atoms with E-state index >= 15 is 0 Å². The van der Waals surface area contributed by atoms with Gasteiger partial charge < -0.3 is 5.73 Å². The third-order valence-corrected chi connectivity index (χ3v) is 3.62. The third-order valence-electron chi connectivity index (χ3n) is 2.81. The van der Waals surface area contributed by atoms with Gasteiger partial charge in [-0.1, -0.05) is 0 Å². The molecule has 2 rings (SSSR count). The standard InChI is InChI=1S/C13H13N5S/c1-7-8(2)16-13(17-9(7)3)19-12-5-4-10(15)11(6-14)18-12/h4-5H,15H2,1-3H3. The van der Waals surface area contributed by atoms with Crippen molar-refractivity contribution in [3.05, 3.63) is 34.8 Å². The molecule has 96 valence electrons. The van der Waals surface area contributed by atoms with Crippen LogP contribution in [0.2, 0.25) is 0 Å². The van der Waals surface area contributed by atoms with E-state index in [9.17, 15) is 0 Å². The van der Waals surface area contributed by atoms with Gasteiger partial charge in [-0.3, -0.25) is 0 Å². The lowest BCUT2D eigenvalue weighted by Crippen LogP contribution is -1.99. The highest BCUT2D eigenvalue weighted by atomic mass is 32.2. The number of nitriles is 1. The van der Waals surface area contributed by atoms with E-state index in [0.717, 1.165) is 17.0 Å². The van der Waals surface area contributed by atoms with E-state index in [-0.39, 0.29) is 5.69 Å². The second kappa shape index (κ2) is 5.24. The van der Waals surface area contributed by atoms with Gasteiger partial charge in [-0.05, 0) is 50.2 Å². The Kier molecular flexibility index (Phi) is 3.67. The first kappa shape index (κ1) is 13.3. The first-order valence-corrected chi connectivity index (χ1v) is 6.49. The SMILES string of the molecule is Cc1nc(Sc2ccc(N)c(C#N)n2)nc(C)c1C. The van der Waals surface area contributed by atoms with Gasteiger partial charge in [-0.25, -0.2) is 15.0 Å². The van der Waals surface area contributed by atoms with Gasteiger partial charge in [0.1, 0.15) is 11.1 Å². The molecule has 0 atom stereocenters. The van der Waals surface area contributed by atoms with Crippen LogP contribution in [0.25, 0.3) is 0 Å². The molecule has 0 aliphatic rings. The first-order chi connectivity index (χ1) is 9.01. The molecular formula is C13H13N5S. The van der Waals surface area contributed by atoms with Gasteiger partial charge in [0, 0.05) is 11.4 Å². The van der Waals surface area contributed by atoms with Crippen LogP contribution in [-0.4, -0.2) is 15.0 Å². The molecule has 0 bridgehead atoms. The van der Waals surface area contributed by atoms with Crippen LogP contribution in [0.1, 0.15) is 22.6 Å². The topological polar surface area (TPSA) is 88.5 Å². The number of aryl methyl sites for hydroxylation is 2. The van der Waals surface area contributed by atoms with Crippen LogP contribution < -0.4 is 5.73 Å². The lowest BCUT2D eigenvalue weighted by Gasteiger charge is -2.06. The summed E-state index contributed by atoms with van der Waals surface area (Å²) in [5, 5.41) is 10.2. The van der Waals surface area contributed by atoms with Crippen LogP contribution in [-0.2, 0) is 0 Å². The Morgan fingerprint density at radius 2 is 1.74 bits per heavy atom. The van der Waals surface area contributed by atoms with Crippen LogP contribution >= 0.6 is 11.8 Å². The molecule has 2 aromatic heterocycles. The van der Waals surface area contributed by atoms with Crippen molar-refractivity contribution in [1.29, 1.82) is 5.26 Å². The van der Waals surface area contributed by atoms with E-state index in [1.807, 2.05) is 26.8 Å². The van der Waals surface area contributed by atoms with Gasteiger partial charge in [0.05, 0.1) is 5.69 Å². The molecule has 6 heteroatoms. The monoisotopic (exact) mass is 271 g/mol. The number of rotatable bonds is 2. The van der Waals surface area contributed by atoms with Crippen molar-refractivity contribution < 1.29 is 0 Å². The summed E-state index contributed by atoms with van der Waals surface area (Å²) in [5.74, 6) is 0. The lowest BCUT2D eigenvalue weighted by molar-refractivity contribution is 0.878. The van der Waals surface area contributed by atoms with E-state index in [2.05, 4.69) is 15.0 Å². The molecule has 2 aromatic rings. The van der Waals surface area contributed by atoms with E-state index in [1.54, 1.807) is 12.1 Å². The predicted molar refractivity (Wildman–Crippen MR) is 73.7 cm³/mol. The molecule has 19 heavy (non-hydrogen) atoms. The fourth-order valence-electron chi connectivity index (χ4n) is 1.48. The fraction of sp³-hybridized carbons (Fsp3) is 0.231. The minimum absolute atomic E-state index is 0.227. The third kappa shape index (κ3) is 2.83. The molecule has 5 nitrogen and oxygen atoms in total. The van der Waals surface area contributed by atoms with Gasteiger partial charge in [-0.2, -0.15) is 5.26 Å². The maximum absolute atomic E-state index is 8.90. The molecular weight excluding hydrogens is 258 g/mol. The van der Waals surface area contributed by atoms with Crippen molar-refractivity contribution >= 4 is 17.4 Å². The van der Waals surface area contributed by atoms with Gasteiger partial charge >= 0.3 is 0 Å². The Bertz CT molecular complexity index is 652. The summed E-state index contributed by atoms with van der Waals surface area (Å²) in [6, 6.07) is 5.39. The Balaban J connectivity index is 2.34. The smallest absolute Gasteiger partial charge is 0.194 e. The van der Waals surface area contributed by atoms with Crippen molar-refractivity contribution in [3.63, 3.8) is 0 Å². The number of nitrogen functional groups attached to an aromatic ring is 1. The summed E-state index contributed by atoms with van der Waals surface area (Å²) in [7, 11) is 0. The fourth-order valence-corrected chi connectivity index (χ4v) is 2.30. The zero-order valence-corrected chi connectivity index (χ0v) is 11.7. The van der Waals surface area contributed by atoms with Gasteiger partial charge in [0.2, 0.25) is 0 Å². The summed E-state index contributed by atoms with van der Waals surface area (Å²) in [6.45, 7) is 5.89. The molecule has 0 fully saturated rings. The normalized spacial score (nSPS) is 10.2. The molecule has 0 aliphatic carbocycles. The number of aromatic nitrogens is 3. The van der Waals surface area contributed by atoms with Crippen molar-refractivity contribution in [2.45, 2.75) is 31.0 Å². The highest BCUT2D eigenvalue weighted by Crippen LogP contribution is 2.25. The Labute approximate surface area is 115 Å². The highest BCUT2D eigenvalue weighted by Gasteiger charge is 2.09. The van der Waals surface area contributed by atoms with Crippen molar-refractivity contribution in [2.24, 2.45) is 0 Å². The van der Waals surface area contributed by atoms with Crippen molar-refractivity contribution in [1.82, 2.24) is 15.0 Å². The average Bonchev–Trinajstić information content (AvgIpc) is 2.38. The van der Waals surface area contributed by atoms with Crippen molar-refractivity contribution in [2.75, 3.05) is 5.73 Å². The minimum atomic E-state index is 0.227. The van der Waals surface area contributed by atoms with Crippen LogP contribution in [0, 0.1) is 32.1 Å². The average molecular weight is 271 g/mol. The quantitative estimate of drug-likeness (QED) is 0.844. The Morgan fingerprint density at radius 3 is 2.32 bits per heavy atom. The number of pyridine rings is 1. The zero-order valence-electron chi connectivity index (χ0n) is 10.9. The van der Waals surface area contributed by atoms with E-state index in [0.29, 0.717) is 15.9 Å². The van der Waals surface area contributed by atoms with Gasteiger partial charge in [-0.15, -0.1) is 0 Å². The molecule has 0 radical (unpaired) electrons. The number of nitrogens with zero attached hydrogens (tertiary/aromatic N) is 4. The molecule has 0 saturated heterocycles. The van der Waals surface area contributed by atoms with Crippen LogP contribution in [0.3, 0.4) is 0 Å². The second-order valence-electron chi connectivity index (χ2n) is 4.10. The lowest BCUT2D eigenvalue weighted by atomic mass is 10.2. The molecule has 0 amide bonds. The number of anilines is 1. The van der Waals surface area contributed by atoms with Crippen LogP contribution in [0.15, 0.2) is 22.3 Å². The predicted octanol–water partition coefficient (Wildman–Crippen LogP) is 2.40. The first-order valence-electron chi connectivity index (χ1n) is 5.67. The molecule has 0 unspecified atom stereocenters. The molecule has 0 spiro atoms. The molecule has 2 N–H and O–H groups in total. The summed E-state index contributed by atoms with van der Waals surface area (Å²) in [5.41, 5.74) is 9.23. The van der Waals surface area contributed by atoms with E-state index in [4.69, 9.17) is 11.0 Å². The molecule has 0 aromatic carbocycles. The van der Waals surface area contributed by atoms with Crippen LogP contribution in [0.5, 0.6) is 0 Å².